The van der Waals surface area contributed by atoms with Gasteiger partial charge in [-0.25, -0.2) is 4.79 Å². The maximum Gasteiger partial charge on any atom is 0.338 e. The van der Waals surface area contributed by atoms with Crippen molar-refractivity contribution in [3.05, 3.63) is 90.5 Å². The Balaban J connectivity index is 1.96. The van der Waals surface area contributed by atoms with E-state index in [2.05, 4.69) is 24.3 Å². The molecule has 0 aliphatic heterocycles. The summed E-state index contributed by atoms with van der Waals surface area (Å²) in [5, 5.41) is 3.33. The summed E-state index contributed by atoms with van der Waals surface area (Å²) in [6, 6.07) is 28.2. The van der Waals surface area contributed by atoms with Crippen LogP contribution in [0.15, 0.2) is 84.9 Å². The lowest BCUT2D eigenvalue weighted by Gasteiger charge is -2.21. The molecule has 142 valence electrons. The first kappa shape index (κ1) is 20.0. The van der Waals surface area contributed by atoms with Crippen molar-refractivity contribution in [3.63, 3.8) is 0 Å². The van der Waals surface area contributed by atoms with Gasteiger partial charge in [0.2, 0.25) is 0 Å². The summed E-state index contributed by atoms with van der Waals surface area (Å²) < 4.78 is 5.48. The van der Waals surface area contributed by atoms with Gasteiger partial charge < -0.3 is 9.53 Å². The number of carbonyl (C=O) groups is 2. The minimum absolute atomic E-state index is 0.117. The topological polar surface area (TPSA) is 43.4 Å². The zero-order chi connectivity index (χ0) is 19.8. The number of ether oxygens (including phenoxy) is 1. The van der Waals surface area contributed by atoms with Gasteiger partial charge in [-0.1, -0.05) is 85.8 Å². The zero-order valence-electron chi connectivity index (χ0n) is 15.8. The lowest BCUT2D eigenvalue weighted by Crippen LogP contribution is -2.26. The fourth-order valence-corrected chi connectivity index (χ4v) is 5.34. The molecule has 3 aromatic carbocycles. The van der Waals surface area contributed by atoms with Crippen molar-refractivity contribution in [3.8, 4) is 0 Å². The van der Waals surface area contributed by atoms with E-state index in [1.807, 2.05) is 67.6 Å². The van der Waals surface area contributed by atoms with Crippen LogP contribution < -0.4 is 15.9 Å². The molecule has 0 aliphatic rings. The predicted octanol–water partition coefficient (Wildman–Crippen LogP) is 3.83. The molecule has 0 radical (unpaired) electrons. The highest BCUT2D eigenvalue weighted by atomic mass is 31.1. The second kappa shape index (κ2) is 9.96. The van der Waals surface area contributed by atoms with Gasteiger partial charge in [0.25, 0.3) is 0 Å². The average molecular weight is 390 g/mol. The van der Waals surface area contributed by atoms with Crippen molar-refractivity contribution in [2.45, 2.75) is 13.3 Å². The van der Waals surface area contributed by atoms with E-state index < -0.39 is 7.92 Å². The maximum atomic E-state index is 12.8. The summed E-state index contributed by atoms with van der Waals surface area (Å²) in [7, 11) is -0.887. The van der Waals surface area contributed by atoms with Crippen LogP contribution in [0.1, 0.15) is 23.7 Å². The molecular formula is C24H23O3P. The van der Waals surface area contributed by atoms with E-state index >= 15 is 0 Å². The van der Waals surface area contributed by atoms with Gasteiger partial charge in [-0.2, -0.15) is 0 Å². The first-order chi connectivity index (χ1) is 13.7. The molecule has 28 heavy (non-hydrogen) atoms. The normalized spacial score (nSPS) is 11.8. The van der Waals surface area contributed by atoms with E-state index in [4.69, 9.17) is 4.74 Å². The summed E-state index contributed by atoms with van der Waals surface area (Å²) in [5.74, 6) is -0.457. The summed E-state index contributed by atoms with van der Waals surface area (Å²) in [6.45, 7) is 2.06. The molecule has 1 unspecified atom stereocenters. The van der Waals surface area contributed by atoms with E-state index in [9.17, 15) is 9.59 Å². The highest BCUT2D eigenvalue weighted by molar-refractivity contribution is 7.80. The molecule has 0 saturated carbocycles. The quantitative estimate of drug-likeness (QED) is 0.334. The molecule has 1 atom stereocenters. The monoisotopic (exact) mass is 390 g/mol. The van der Waals surface area contributed by atoms with Crippen molar-refractivity contribution >= 4 is 36.1 Å². The third kappa shape index (κ3) is 4.94. The van der Waals surface area contributed by atoms with Crippen LogP contribution in [0.2, 0.25) is 0 Å². The third-order valence-electron chi connectivity index (χ3n) is 4.43. The van der Waals surface area contributed by atoms with E-state index in [1.165, 1.54) is 10.6 Å². The third-order valence-corrected chi connectivity index (χ3v) is 6.93. The van der Waals surface area contributed by atoms with Gasteiger partial charge in [0.1, 0.15) is 6.29 Å². The first-order valence-electron chi connectivity index (χ1n) is 9.32. The van der Waals surface area contributed by atoms with Gasteiger partial charge in [-0.3, -0.25) is 0 Å². The van der Waals surface area contributed by atoms with Crippen LogP contribution in [0.5, 0.6) is 0 Å². The minimum atomic E-state index is -0.887. The van der Waals surface area contributed by atoms with Crippen LogP contribution in [0.25, 0.3) is 0 Å². The minimum Gasteiger partial charge on any atom is -0.462 e. The van der Waals surface area contributed by atoms with Gasteiger partial charge in [-0.15, -0.1) is 0 Å². The van der Waals surface area contributed by atoms with Crippen molar-refractivity contribution in [2.75, 3.05) is 6.61 Å². The van der Waals surface area contributed by atoms with E-state index in [-0.39, 0.29) is 18.5 Å². The van der Waals surface area contributed by atoms with Crippen molar-refractivity contribution in [2.24, 2.45) is 5.92 Å². The number of aldehydes is 1. The van der Waals surface area contributed by atoms with E-state index in [0.717, 1.165) is 11.6 Å². The maximum absolute atomic E-state index is 12.8. The molecule has 0 aromatic heterocycles. The summed E-state index contributed by atoms with van der Waals surface area (Å²) >= 11 is 0. The molecule has 3 rings (SSSR count). The van der Waals surface area contributed by atoms with Crippen molar-refractivity contribution < 1.29 is 14.3 Å². The molecule has 0 fully saturated rings. The van der Waals surface area contributed by atoms with Crippen LogP contribution >= 0.6 is 7.92 Å². The van der Waals surface area contributed by atoms with Gasteiger partial charge >= 0.3 is 5.97 Å². The number of rotatable bonds is 8. The Morgan fingerprint density at radius 1 is 0.893 bits per heavy atom. The first-order valence-corrected chi connectivity index (χ1v) is 10.7. The molecule has 3 aromatic rings. The zero-order valence-corrected chi connectivity index (χ0v) is 16.7. The molecule has 0 aliphatic carbocycles. The number of benzene rings is 3. The van der Waals surface area contributed by atoms with Crippen LogP contribution in [0, 0.1) is 5.92 Å². The molecule has 0 bridgehead atoms. The molecule has 0 N–H and O–H groups in total. The number of hydrogen-bond acceptors (Lipinski definition) is 3. The van der Waals surface area contributed by atoms with E-state index in [1.54, 1.807) is 0 Å². The van der Waals surface area contributed by atoms with Crippen molar-refractivity contribution in [1.82, 2.24) is 0 Å². The Labute approximate surface area is 167 Å². The summed E-state index contributed by atoms with van der Waals surface area (Å²) in [5.41, 5.74) is 0.583. The molecule has 0 heterocycles. The van der Waals surface area contributed by atoms with E-state index in [0.29, 0.717) is 12.0 Å². The van der Waals surface area contributed by atoms with Gasteiger partial charge in [0, 0.05) is 5.92 Å². The molecule has 4 heteroatoms. The van der Waals surface area contributed by atoms with Crippen LogP contribution in [-0.4, -0.2) is 18.9 Å². The molecular weight excluding hydrogens is 367 g/mol. The van der Waals surface area contributed by atoms with Crippen molar-refractivity contribution in [1.29, 1.82) is 0 Å². The smallest absolute Gasteiger partial charge is 0.338 e. The Bertz CT molecular complexity index is 870. The lowest BCUT2D eigenvalue weighted by atomic mass is 10.1. The van der Waals surface area contributed by atoms with Crippen LogP contribution in [0.4, 0.5) is 0 Å². The van der Waals surface area contributed by atoms with Crippen LogP contribution in [0.3, 0.4) is 0 Å². The number of esters is 1. The molecule has 0 saturated heterocycles. The number of carbonyl (C=O) groups excluding carboxylic acids is 2. The van der Waals surface area contributed by atoms with Crippen LogP contribution in [-0.2, 0) is 9.53 Å². The second-order valence-corrected chi connectivity index (χ2v) is 8.75. The van der Waals surface area contributed by atoms with Gasteiger partial charge in [0.05, 0.1) is 12.2 Å². The Kier molecular flexibility index (Phi) is 7.11. The highest BCUT2D eigenvalue weighted by Crippen LogP contribution is 2.34. The molecule has 0 spiro atoms. The molecule has 0 amide bonds. The highest BCUT2D eigenvalue weighted by Gasteiger charge is 2.22. The average Bonchev–Trinajstić information content (AvgIpc) is 2.75. The Hall–Kier alpha value is -2.77. The largest absolute Gasteiger partial charge is 0.462 e. The Morgan fingerprint density at radius 3 is 2.00 bits per heavy atom. The van der Waals surface area contributed by atoms with Gasteiger partial charge in [0.15, 0.2) is 0 Å². The Morgan fingerprint density at radius 2 is 1.43 bits per heavy atom. The molecule has 3 nitrogen and oxygen atoms in total. The fourth-order valence-electron chi connectivity index (χ4n) is 2.91. The second-order valence-electron chi connectivity index (χ2n) is 6.56. The SMILES string of the molecule is CC(C=O)CCOC(=O)c1ccccc1P(c1ccccc1)c1ccccc1. The number of hydrogen-bond donors (Lipinski definition) is 0. The summed E-state index contributed by atoms with van der Waals surface area (Å²) in [6.07, 6.45) is 1.41. The summed E-state index contributed by atoms with van der Waals surface area (Å²) in [4.78, 5) is 23.6. The standard InChI is InChI=1S/C24H23O3P/c1-19(18-25)16-17-27-24(26)22-14-8-9-15-23(22)28(20-10-4-2-5-11-20)21-12-6-3-7-13-21/h2-15,18-19H,16-17H2,1H3. The lowest BCUT2D eigenvalue weighted by molar-refractivity contribution is -0.111. The predicted molar refractivity (Wildman–Crippen MR) is 115 cm³/mol. The van der Waals surface area contributed by atoms with Gasteiger partial charge in [-0.05, 0) is 36.3 Å². The fraction of sp³-hybridized carbons (Fsp3) is 0.167.